The number of urea groups is 1. The van der Waals surface area contributed by atoms with Gasteiger partial charge in [0.1, 0.15) is 0 Å². The molecule has 2 amide bonds. The van der Waals surface area contributed by atoms with Gasteiger partial charge in [-0.05, 0) is 47.4 Å². The van der Waals surface area contributed by atoms with Gasteiger partial charge in [0.2, 0.25) is 0 Å². The number of fused-ring (bicyclic) bond motifs is 1. The molecule has 0 bridgehead atoms. The van der Waals surface area contributed by atoms with E-state index in [0.29, 0.717) is 6.54 Å². The Morgan fingerprint density at radius 2 is 1.90 bits per heavy atom. The summed E-state index contributed by atoms with van der Waals surface area (Å²) in [6.45, 7) is 2.57. The number of benzene rings is 2. The van der Waals surface area contributed by atoms with Crippen molar-refractivity contribution in [2.75, 3.05) is 11.9 Å². The number of nitrogens with one attached hydrogen (secondary N) is 3. The van der Waals surface area contributed by atoms with Crippen molar-refractivity contribution in [2.24, 2.45) is 0 Å². The lowest BCUT2D eigenvalue weighted by Gasteiger charge is -2.18. The summed E-state index contributed by atoms with van der Waals surface area (Å²) in [7, 11) is 0. The van der Waals surface area contributed by atoms with E-state index < -0.39 is 0 Å². The molecule has 0 fully saturated rings. The minimum absolute atomic E-state index is 0.00642. The normalized spacial score (nSPS) is 11.9. The molecule has 4 rings (SSSR count). The largest absolute Gasteiger partial charge is 0.361 e. The smallest absolute Gasteiger partial charge is 0.319 e. The zero-order valence-electron chi connectivity index (χ0n) is 16.4. The Morgan fingerprint density at radius 1 is 1.07 bits per heavy atom. The maximum absolute atomic E-state index is 12.5. The average Bonchev–Trinajstić information content (AvgIpc) is 3.19. The standard InChI is InChI=1S/C24H24N4O/c1-2-17-9-11-19(12-10-17)28-24(29)27-15-21(18-6-5-13-25-14-18)22-16-26-23-8-4-3-7-20(22)23/h3-14,16,21,26H,2,15H2,1H3,(H2,27,28,29)/t21-/m1/s1. The van der Waals surface area contributed by atoms with Crippen LogP contribution in [0.2, 0.25) is 0 Å². The minimum atomic E-state index is -0.219. The summed E-state index contributed by atoms with van der Waals surface area (Å²) in [5.74, 6) is -0.00642. The molecule has 0 spiro atoms. The maximum Gasteiger partial charge on any atom is 0.319 e. The Hall–Kier alpha value is -3.60. The fraction of sp³-hybridized carbons (Fsp3) is 0.167. The highest BCUT2D eigenvalue weighted by atomic mass is 16.2. The first-order valence-corrected chi connectivity index (χ1v) is 9.84. The molecule has 2 aromatic heterocycles. The molecule has 2 aromatic carbocycles. The van der Waals surface area contributed by atoms with Crippen molar-refractivity contribution in [3.63, 3.8) is 0 Å². The Bertz CT molecular complexity index is 1090. The fourth-order valence-corrected chi connectivity index (χ4v) is 3.57. The van der Waals surface area contributed by atoms with Gasteiger partial charge in [-0.1, -0.05) is 43.3 Å². The number of aryl methyl sites for hydroxylation is 1. The first-order chi connectivity index (χ1) is 14.2. The molecular formula is C24H24N4O. The van der Waals surface area contributed by atoms with Crippen LogP contribution in [0.1, 0.15) is 29.5 Å². The molecule has 0 aliphatic carbocycles. The van der Waals surface area contributed by atoms with Crippen LogP contribution in [0, 0.1) is 0 Å². The zero-order valence-corrected chi connectivity index (χ0v) is 16.4. The van der Waals surface area contributed by atoms with Crippen LogP contribution in [0.15, 0.2) is 79.3 Å². The number of hydrogen-bond donors (Lipinski definition) is 3. The van der Waals surface area contributed by atoms with Gasteiger partial charge in [-0.3, -0.25) is 4.98 Å². The summed E-state index contributed by atoms with van der Waals surface area (Å²) in [5, 5.41) is 7.08. The minimum Gasteiger partial charge on any atom is -0.361 e. The molecule has 0 saturated carbocycles. The number of anilines is 1. The van der Waals surface area contributed by atoms with E-state index in [1.54, 1.807) is 6.20 Å². The van der Waals surface area contributed by atoms with Crippen LogP contribution in [0.5, 0.6) is 0 Å². The second kappa shape index (κ2) is 8.61. The van der Waals surface area contributed by atoms with Gasteiger partial charge in [-0.2, -0.15) is 0 Å². The predicted molar refractivity (Wildman–Crippen MR) is 117 cm³/mol. The molecule has 5 nitrogen and oxygen atoms in total. The van der Waals surface area contributed by atoms with Gasteiger partial charge in [0, 0.05) is 47.6 Å². The highest BCUT2D eigenvalue weighted by Gasteiger charge is 2.19. The first kappa shape index (κ1) is 18.7. The molecule has 29 heavy (non-hydrogen) atoms. The van der Waals surface area contributed by atoms with Gasteiger partial charge in [-0.25, -0.2) is 4.79 Å². The first-order valence-electron chi connectivity index (χ1n) is 9.84. The third kappa shape index (κ3) is 4.29. The summed E-state index contributed by atoms with van der Waals surface area (Å²) < 4.78 is 0. The summed E-state index contributed by atoms with van der Waals surface area (Å²) in [4.78, 5) is 20.1. The van der Waals surface area contributed by atoms with E-state index in [4.69, 9.17) is 0 Å². The lowest BCUT2D eigenvalue weighted by Crippen LogP contribution is -2.32. The highest BCUT2D eigenvalue weighted by Crippen LogP contribution is 2.30. The number of pyridine rings is 1. The summed E-state index contributed by atoms with van der Waals surface area (Å²) in [6.07, 6.45) is 6.61. The molecule has 5 heteroatoms. The van der Waals surface area contributed by atoms with Crippen molar-refractivity contribution in [3.05, 3.63) is 95.9 Å². The van der Waals surface area contributed by atoms with E-state index in [1.165, 1.54) is 5.56 Å². The SMILES string of the molecule is CCc1ccc(NC(=O)NC[C@H](c2cccnc2)c2c[nH]c3ccccc23)cc1. The number of H-pyrrole nitrogens is 1. The zero-order chi connectivity index (χ0) is 20.1. The van der Waals surface area contributed by atoms with Crippen LogP contribution in [-0.2, 0) is 6.42 Å². The molecule has 0 aliphatic heterocycles. The third-order valence-electron chi connectivity index (χ3n) is 5.17. The van der Waals surface area contributed by atoms with Gasteiger partial charge in [0.05, 0.1) is 0 Å². The number of aromatic nitrogens is 2. The number of aromatic amines is 1. The van der Waals surface area contributed by atoms with E-state index in [9.17, 15) is 4.79 Å². The summed E-state index contributed by atoms with van der Waals surface area (Å²) in [5.41, 5.74) is 5.31. The summed E-state index contributed by atoms with van der Waals surface area (Å²) in [6, 6.07) is 19.8. The molecular weight excluding hydrogens is 360 g/mol. The predicted octanol–water partition coefficient (Wildman–Crippen LogP) is 5.08. The van der Waals surface area contributed by atoms with Crippen molar-refractivity contribution >= 4 is 22.6 Å². The van der Waals surface area contributed by atoms with E-state index in [1.807, 2.05) is 60.9 Å². The van der Waals surface area contributed by atoms with Crippen LogP contribution in [0.3, 0.4) is 0 Å². The van der Waals surface area contributed by atoms with E-state index >= 15 is 0 Å². The molecule has 146 valence electrons. The number of hydrogen-bond acceptors (Lipinski definition) is 2. The molecule has 4 aromatic rings. The number of carbonyl (C=O) groups excluding carboxylic acids is 1. The molecule has 2 heterocycles. The van der Waals surface area contributed by atoms with Gasteiger partial charge in [0.25, 0.3) is 0 Å². The van der Waals surface area contributed by atoms with Crippen LogP contribution >= 0.6 is 0 Å². The lowest BCUT2D eigenvalue weighted by molar-refractivity contribution is 0.252. The maximum atomic E-state index is 12.5. The Labute approximate surface area is 170 Å². The van der Waals surface area contributed by atoms with Crippen molar-refractivity contribution in [1.82, 2.24) is 15.3 Å². The monoisotopic (exact) mass is 384 g/mol. The van der Waals surface area contributed by atoms with Gasteiger partial charge in [-0.15, -0.1) is 0 Å². The van der Waals surface area contributed by atoms with Crippen molar-refractivity contribution < 1.29 is 4.79 Å². The van der Waals surface area contributed by atoms with Crippen molar-refractivity contribution in [1.29, 1.82) is 0 Å². The number of nitrogens with zero attached hydrogens (tertiary/aromatic N) is 1. The number of para-hydroxylation sites is 1. The summed E-state index contributed by atoms with van der Waals surface area (Å²) >= 11 is 0. The van der Waals surface area contributed by atoms with Gasteiger partial charge >= 0.3 is 6.03 Å². The van der Waals surface area contributed by atoms with Gasteiger partial charge in [0.15, 0.2) is 0 Å². The fourth-order valence-electron chi connectivity index (χ4n) is 3.57. The molecule has 0 aliphatic rings. The van der Waals surface area contributed by atoms with E-state index in [2.05, 4.69) is 39.7 Å². The number of carbonyl (C=O) groups is 1. The van der Waals surface area contributed by atoms with E-state index in [0.717, 1.165) is 34.1 Å². The number of rotatable bonds is 6. The number of amides is 2. The second-order valence-corrected chi connectivity index (χ2v) is 7.01. The molecule has 0 unspecified atom stereocenters. The van der Waals surface area contributed by atoms with Crippen LogP contribution in [-0.4, -0.2) is 22.5 Å². The second-order valence-electron chi connectivity index (χ2n) is 7.01. The lowest BCUT2D eigenvalue weighted by atomic mass is 9.92. The van der Waals surface area contributed by atoms with Gasteiger partial charge < -0.3 is 15.6 Å². The Morgan fingerprint density at radius 3 is 2.66 bits per heavy atom. The molecule has 0 saturated heterocycles. The van der Waals surface area contributed by atoms with Crippen LogP contribution < -0.4 is 10.6 Å². The third-order valence-corrected chi connectivity index (χ3v) is 5.17. The van der Waals surface area contributed by atoms with Crippen LogP contribution in [0.4, 0.5) is 10.5 Å². The van der Waals surface area contributed by atoms with Crippen molar-refractivity contribution in [3.8, 4) is 0 Å². The quantitative estimate of drug-likeness (QED) is 0.434. The Kier molecular flexibility index (Phi) is 5.56. The Balaban J connectivity index is 1.52. The van der Waals surface area contributed by atoms with Crippen molar-refractivity contribution in [2.45, 2.75) is 19.3 Å². The van der Waals surface area contributed by atoms with Crippen LogP contribution in [0.25, 0.3) is 10.9 Å². The topological polar surface area (TPSA) is 69.8 Å². The van der Waals surface area contributed by atoms with E-state index in [-0.39, 0.29) is 11.9 Å². The molecule has 1 atom stereocenters. The molecule has 3 N–H and O–H groups in total. The molecule has 0 radical (unpaired) electrons. The average molecular weight is 384 g/mol. The highest BCUT2D eigenvalue weighted by molar-refractivity contribution is 5.89.